The lowest BCUT2D eigenvalue weighted by Gasteiger charge is -2.10. The molecule has 1 aliphatic rings. The number of benzene rings is 2. The van der Waals surface area contributed by atoms with Crippen molar-refractivity contribution in [3.63, 3.8) is 0 Å². The Morgan fingerprint density at radius 1 is 1.00 bits per heavy atom. The summed E-state index contributed by atoms with van der Waals surface area (Å²) in [5, 5.41) is 0. The zero-order valence-electron chi connectivity index (χ0n) is 12.1. The second-order valence-electron chi connectivity index (χ2n) is 5.50. The van der Waals surface area contributed by atoms with E-state index >= 15 is 0 Å². The van der Waals surface area contributed by atoms with Crippen molar-refractivity contribution in [2.45, 2.75) is 27.2 Å². The van der Waals surface area contributed by atoms with E-state index in [-0.39, 0.29) is 5.78 Å². The summed E-state index contributed by atoms with van der Waals surface area (Å²) in [5.41, 5.74) is 6.10. The molecule has 0 aromatic heterocycles. The molecule has 3 rings (SSSR count). The summed E-state index contributed by atoms with van der Waals surface area (Å²) in [7, 11) is 0. The fourth-order valence-corrected chi connectivity index (χ4v) is 2.69. The molecule has 0 bridgehead atoms. The van der Waals surface area contributed by atoms with Gasteiger partial charge in [-0.15, -0.1) is 0 Å². The summed E-state index contributed by atoms with van der Waals surface area (Å²) in [6.45, 7) is 6.83. The number of fused-ring (bicyclic) bond motifs is 1. The first kappa shape index (κ1) is 12.9. The predicted octanol–water partition coefficient (Wildman–Crippen LogP) is 3.78. The second-order valence-corrected chi connectivity index (χ2v) is 5.50. The van der Waals surface area contributed by atoms with Gasteiger partial charge in [0.1, 0.15) is 5.75 Å². The average Bonchev–Trinajstić information content (AvgIpc) is 2.89. The Morgan fingerprint density at radius 2 is 1.75 bits per heavy atom. The molecular formula is C18H18O2. The van der Waals surface area contributed by atoms with Crippen molar-refractivity contribution in [2.24, 2.45) is 0 Å². The van der Waals surface area contributed by atoms with Crippen LogP contribution < -0.4 is 4.74 Å². The van der Waals surface area contributed by atoms with Gasteiger partial charge in [0, 0.05) is 17.5 Å². The Morgan fingerprint density at radius 3 is 2.55 bits per heavy atom. The van der Waals surface area contributed by atoms with E-state index in [0.29, 0.717) is 0 Å². The lowest BCUT2D eigenvalue weighted by molar-refractivity contribution is 0.103. The minimum absolute atomic E-state index is 0.0975. The van der Waals surface area contributed by atoms with Gasteiger partial charge in [0.2, 0.25) is 0 Å². The van der Waals surface area contributed by atoms with Crippen LogP contribution in [0.25, 0.3) is 0 Å². The maximum atomic E-state index is 12.7. The number of ether oxygens (including phenoxy) is 1. The van der Waals surface area contributed by atoms with E-state index in [9.17, 15) is 4.79 Å². The Balaban J connectivity index is 2.03. The van der Waals surface area contributed by atoms with Gasteiger partial charge >= 0.3 is 0 Å². The van der Waals surface area contributed by atoms with Gasteiger partial charge in [-0.1, -0.05) is 6.07 Å². The van der Waals surface area contributed by atoms with Gasteiger partial charge in [-0.2, -0.15) is 0 Å². The summed E-state index contributed by atoms with van der Waals surface area (Å²) in [6.07, 6.45) is 0.891. The molecule has 0 N–H and O–H groups in total. The predicted molar refractivity (Wildman–Crippen MR) is 79.7 cm³/mol. The van der Waals surface area contributed by atoms with Crippen molar-refractivity contribution in [3.8, 4) is 5.75 Å². The number of carbonyl (C=O) groups is 1. The molecular weight excluding hydrogens is 248 g/mol. The Hall–Kier alpha value is -2.09. The fraction of sp³-hybridized carbons (Fsp3) is 0.278. The third-order valence-electron chi connectivity index (χ3n) is 4.04. The molecule has 0 saturated heterocycles. The van der Waals surface area contributed by atoms with Crippen LogP contribution in [0.1, 0.15) is 38.2 Å². The van der Waals surface area contributed by atoms with Crippen molar-refractivity contribution in [1.29, 1.82) is 0 Å². The first-order valence-corrected chi connectivity index (χ1v) is 6.94. The van der Waals surface area contributed by atoms with Gasteiger partial charge in [-0.3, -0.25) is 4.79 Å². The molecule has 102 valence electrons. The van der Waals surface area contributed by atoms with Crippen LogP contribution in [0.3, 0.4) is 0 Å². The summed E-state index contributed by atoms with van der Waals surface area (Å²) in [5.74, 6) is 1.01. The summed E-state index contributed by atoms with van der Waals surface area (Å²) in [4.78, 5) is 12.7. The highest BCUT2D eigenvalue weighted by atomic mass is 16.5. The van der Waals surface area contributed by atoms with Crippen LogP contribution in [0.4, 0.5) is 0 Å². The number of hydrogen-bond acceptors (Lipinski definition) is 2. The van der Waals surface area contributed by atoms with Crippen LogP contribution in [0.2, 0.25) is 0 Å². The van der Waals surface area contributed by atoms with E-state index in [1.807, 2.05) is 38.1 Å². The molecule has 1 aliphatic heterocycles. The van der Waals surface area contributed by atoms with E-state index in [1.165, 1.54) is 5.56 Å². The summed E-state index contributed by atoms with van der Waals surface area (Å²) in [6, 6.07) is 9.82. The van der Waals surface area contributed by atoms with E-state index in [0.717, 1.165) is 46.6 Å². The molecule has 2 aromatic rings. The maximum Gasteiger partial charge on any atom is 0.193 e. The second kappa shape index (κ2) is 4.78. The fourth-order valence-electron chi connectivity index (χ4n) is 2.69. The molecule has 1 heterocycles. The van der Waals surface area contributed by atoms with Crippen molar-refractivity contribution >= 4 is 5.78 Å². The third-order valence-corrected chi connectivity index (χ3v) is 4.04. The lowest BCUT2D eigenvalue weighted by Crippen LogP contribution is -2.05. The molecule has 0 saturated carbocycles. The number of carbonyl (C=O) groups excluding carboxylic acids is 1. The number of hydrogen-bond donors (Lipinski definition) is 0. The number of rotatable bonds is 2. The Labute approximate surface area is 119 Å². The maximum absolute atomic E-state index is 12.7. The summed E-state index contributed by atoms with van der Waals surface area (Å²) < 4.78 is 5.49. The Bertz CT molecular complexity index is 699. The quantitative estimate of drug-likeness (QED) is 0.773. The molecule has 20 heavy (non-hydrogen) atoms. The largest absolute Gasteiger partial charge is 0.493 e. The highest BCUT2D eigenvalue weighted by Gasteiger charge is 2.17. The lowest BCUT2D eigenvalue weighted by atomic mass is 9.94. The number of ketones is 1. The van der Waals surface area contributed by atoms with Crippen LogP contribution in [-0.4, -0.2) is 12.4 Å². The molecule has 0 atom stereocenters. The van der Waals surface area contributed by atoms with Crippen molar-refractivity contribution in [1.82, 2.24) is 0 Å². The molecule has 2 aromatic carbocycles. The standard InChI is InChI=1S/C18H18O2/c1-11-8-13(3)16(9-12(11)2)18(19)15-4-5-17-14(10-15)6-7-20-17/h4-5,8-10H,6-7H2,1-3H3. The zero-order chi connectivity index (χ0) is 14.3. The van der Waals surface area contributed by atoms with E-state index in [4.69, 9.17) is 4.74 Å². The molecule has 2 nitrogen and oxygen atoms in total. The van der Waals surface area contributed by atoms with Gasteiger partial charge < -0.3 is 4.74 Å². The van der Waals surface area contributed by atoms with Gasteiger partial charge in [0.05, 0.1) is 6.61 Å². The monoisotopic (exact) mass is 266 g/mol. The average molecular weight is 266 g/mol. The minimum Gasteiger partial charge on any atom is -0.493 e. The van der Waals surface area contributed by atoms with Crippen LogP contribution in [0, 0.1) is 20.8 Å². The SMILES string of the molecule is Cc1cc(C)c(C(=O)c2ccc3c(c2)CCO3)cc1C. The van der Waals surface area contributed by atoms with Gasteiger partial charge in [0.25, 0.3) is 0 Å². The smallest absolute Gasteiger partial charge is 0.193 e. The molecule has 0 spiro atoms. The number of aryl methyl sites for hydroxylation is 3. The van der Waals surface area contributed by atoms with Crippen LogP contribution in [0.5, 0.6) is 5.75 Å². The highest BCUT2D eigenvalue weighted by Crippen LogP contribution is 2.27. The van der Waals surface area contributed by atoms with Gasteiger partial charge in [-0.25, -0.2) is 0 Å². The van der Waals surface area contributed by atoms with E-state index in [2.05, 4.69) is 13.0 Å². The van der Waals surface area contributed by atoms with Crippen LogP contribution in [-0.2, 0) is 6.42 Å². The molecule has 0 aliphatic carbocycles. The Kier molecular flexibility index (Phi) is 3.09. The summed E-state index contributed by atoms with van der Waals surface area (Å²) >= 11 is 0. The van der Waals surface area contributed by atoms with Crippen LogP contribution >= 0.6 is 0 Å². The molecule has 0 unspecified atom stereocenters. The van der Waals surface area contributed by atoms with Gasteiger partial charge in [-0.05, 0) is 67.3 Å². The van der Waals surface area contributed by atoms with Crippen LogP contribution in [0.15, 0.2) is 30.3 Å². The first-order valence-electron chi connectivity index (χ1n) is 6.94. The van der Waals surface area contributed by atoms with Crippen molar-refractivity contribution in [2.75, 3.05) is 6.61 Å². The topological polar surface area (TPSA) is 26.3 Å². The highest BCUT2D eigenvalue weighted by molar-refractivity contribution is 6.10. The van der Waals surface area contributed by atoms with E-state index in [1.54, 1.807) is 0 Å². The van der Waals surface area contributed by atoms with Crippen molar-refractivity contribution < 1.29 is 9.53 Å². The molecule has 0 fully saturated rings. The zero-order valence-corrected chi connectivity index (χ0v) is 12.1. The van der Waals surface area contributed by atoms with Gasteiger partial charge in [0.15, 0.2) is 5.78 Å². The first-order chi connectivity index (χ1) is 9.56. The van der Waals surface area contributed by atoms with E-state index < -0.39 is 0 Å². The molecule has 0 radical (unpaired) electrons. The normalized spacial score (nSPS) is 12.9. The molecule has 2 heteroatoms. The third kappa shape index (κ3) is 2.11. The minimum atomic E-state index is 0.0975. The van der Waals surface area contributed by atoms with Crippen molar-refractivity contribution in [3.05, 3.63) is 63.7 Å². The molecule has 0 amide bonds.